The van der Waals surface area contributed by atoms with Crippen molar-refractivity contribution >= 4 is 22.6 Å². The first-order valence-corrected chi connectivity index (χ1v) is 10.5. The summed E-state index contributed by atoms with van der Waals surface area (Å²) in [4.78, 5) is 24.4. The van der Waals surface area contributed by atoms with Crippen LogP contribution in [-0.4, -0.2) is 23.0 Å². The van der Waals surface area contributed by atoms with Crippen LogP contribution < -0.4 is 10.1 Å². The highest BCUT2D eigenvalue weighted by atomic mass is 19.1. The number of aliphatic carboxylic acids is 1. The number of ether oxygens (including phenoxy) is 1. The average Bonchev–Trinajstić information content (AvgIpc) is 2.82. The van der Waals surface area contributed by atoms with Crippen LogP contribution in [0.25, 0.3) is 10.8 Å². The van der Waals surface area contributed by atoms with Crippen LogP contribution in [0.3, 0.4) is 0 Å². The fraction of sp³-hybridized carbons (Fsp3) is 0.111. The van der Waals surface area contributed by atoms with E-state index in [1.165, 1.54) is 12.1 Å². The van der Waals surface area contributed by atoms with Gasteiger partial charge in [-0.2, -0.15) is 0 Å². The molecule has 0 unspecified atom stereocenters. The van der Waals surface area contributed by atoms with Gasteiger partial charge in [0.05, 0.1) is 0 Å². The van der Waals surface area contributed by atoms with Gasteiger partial charge in [0.25, 0.3) is 5.91 Å². The van der Waals surface area contributed by atoms with E-state index in [0.717, 1.165) is 21.9 Å². The maximum Gasteiger partial charge on any atom is 0.326 e. The first-order chi connectivity index (χ1) is 16.0. The molecule has 0 saturated carbocycles. The van der Waals surface area contributed by atoms with Crippen LogP contribution in [0, 0.1) is 5.82 Å². The Bertz CT molecular complexity index is 1290. The molecule has 0 fully saturated rings. The normalized spacial score (nSPS) is 11.7. The summed E-state index contributed by atoms with van der Waals surface area (Å²) >= 11 is 0. The van der Waals surface area contributed by atoms with E-state index in [4.69, 9.17) is 4.74 Å². The highest BCUT2D eigenvalue weighted by molar-refractivity contribution is 6.00. The van der Waals surface area contributed by atoms with Gasteiger partial charge in [-0.3, -0.25) is 4.79 Å². The molecule has 1 atom stereocenters. The van der Waals surface area contributed by atoms with Crippen molar-refractivity contribution in [3.63, 3.8) is 0 Å². The van der Waals surface area contributed by atoms with Gasteiger partial charge in [-0.1, -0.05) is 54.6 Å². The number of rotatable bonds is 8. The molecule has 2 N–H and O–H groups in total. The zero-order valence-corrected chi connectivity index (χ0v) is 17.7. The lowest BCUT2D eigenvalue weighted by molar-refractivity contribution is -0.139. The van der Waals surface area contributed by atoms with Gasteiger partial charge in [0.15, 0.2) is 0 Å². The van der Waals surface area contributed by atoms with Gasteiger partial charge in [0, 0.05) is 12.0 Å². The molecule has 4 aromatic carbocycles. The van der Waals surface area contributed by atoms with Crippen molar-refractivity contribution in [3.05, 3.63) is 114 Å². The summed E-state index contributed by atoms with van der Waals surface area (Å²) in [6.45, 7) is 0.238. The lowest BCUT2D eigenvalue weighted by Gasteiger charge is -2.15. The standard InChI is InChI=1S/C27H22FNO4/c28-23-8-4-7-19(13-23)17-33-24-12-11-20-15-22(10-9-21(20)16-24)26(30)29-25(27(31)32)14-18-5-2-1-3-6-18/h1-13,15-16,25H,14,17H2,(H,29,30)(H,31,32)/t25-/m0/s1. The number of carboxylic acids is 1. The third-order valence-corrected chi connectivity index (χ3v) is 5.25. The molecule has 0 aromatic heterocycles. The lowest BCUT2D eigenvalue weighted by atomic mass is 10.0. The first kappa shape index (κ1) is 22.0. The molecule has 0 heterocycles. The maximum absolute atomic E-state index is 13.3. The zero-order valence-electron chi connectivity index (χ0n) is 17.7. The number of benzene rings is 4. The molecule has 0 aliphatic carbocycles. The minimum Gasteiger partial charge on any atom is -0.489 e. The van der Waals surface area contributed by atoms with Gasteiger partial charge >= 0.3 is 5.97 Å². The van der Waals surface area contributed by atoms with E-state index >= 15 is 0 Å². The van der Waals surface area contributed by atoms with Crippen LogP contribution in [0.2, 0.25) is 0 Å². The Morgan fingerprint density at radius 1 is 0.848 bits per heavy atom. The van der Waals surface area contributed by atoms with Crippen LogP contribution in [0.5, 0.6) is 5.75 Å². The Hall–Kier alpha value is -4.19. The molecule has 0 aliphatic heterocycles. The molecule has 4 rings (SSSR count). The van der Waals surface area contributed by atoms with Crippen molar-refractivity contribution in [2.75, 3.05) is 0 Å². The summed E-state index contributed by atoms with van der Waals surface area (Å²) in [5, 5.41) is 13.8. The van der Waals surface area contributed by atoms with E-state index < -0.39 is 17.9 Å². The fourth-order valence-corrected chi connectivity index (χ4v) is 3.54. The molecule has 4 aromatic rings. The van der Waals surface area contributed by atoms with E-state index in [0.29, 0.717) is 11.3 Å². The third kappa shape index (κ3) is 5.74. The maximum atomic E-state index is 13.3. The first-order valence-electron chi connectivity index (χ1n) is 10.5. The van der Waals surface area contributed by atoms with E-state index in [1.54, 1.807) is 36.4 Å². The van der Waals surface area contributed by atoms with Crippen LogP contribution in [0.15, 0.2) is 91.0 Å². The average molecular weight is 443 g/mol. The molecular weight excluding hydrogens is 421 g/mol. The molecule has 33 heavy (non-hydrogen) atoms. The number of hydrogen-bond acceptors (Lipinski definition) is 3. The Morgan fingerprint density at radius 3 is 2.33 bits per heavy atom. The number of amides is 1. The Morgan fingerprint density at radius 2 is 1.58 bits per heavy atom. The molecular formula is C27H22FNO4. The highest BCUT2D eigenvalue weighted by Gasteiger charge is 2.21. The largest absolute Gasteiger partial charge is 0.489 e. The number of nitrogens with one attached hydrogen (secondary N) is 1. The van der Waals surface area contributed by atoms with Crippen molar-refractivity contribution in [2.24, 2.45) is 0 Å². The topological polar surface area (TPSA) is 75.6 Å². The van der Waals surface area contributed by atoms with E-state index in [-0.39, 0.29) is 18.8 Å². The minimum atomic E-state index is -1.09. The summed E-state index contributed by atoms with van der Waals surface area (Å²) in [5.74, 6) is -1.23. The van der Waals surface area contributed by atoms with Crippen LogP contribution >= 0.6 is 0 Å². The predicted octanol–water partition coefficient (Wildman–Crippen LogP) is 4.98. The predicted molar refractivity (Wildman–Crippen MR) is 124 cm³/mol. The molecule has 0 radical (unpaired) electrons. The second-order valence-corrected chi connectivity index (χ2v) is 7.70. The van der Waals surface area contributed by atoms with Gasteiger partial charge in [-0.05, 0) is 58.3 Å². The van der Waals surface area contributed by atoms with Gasteiger partial charge < -0.3 is 15.2 Å². The second-order valence-electron chi connectivity index (χ2n) is 7.70. The van der Waals surface area contributed by atoms with Gasteiger partial charge in [-0.15, -0.1) is 0 Å². The molecule has 0 spiro atoms. The van der Waals surface area contributed by atoms with Gasteiger partial charge in [0.1, 0.15) is 24.2 Å². The molecule has 1 amide bonds. The SMILES string of the molecule is O=C(N[C@@H](Cc1ccccc1)C(=O)O)c1ccc2cc(OCc3cccc(F)c3)ccc2c1. The Balaban J connectivity index is 1.45. The molecule has 0 saturated heterocycles. The van der Waals surface area contributed by atoms with Crippen LogP contribution in [-0.2, 0) is 17.8 Å². The number of fused-ring (bicyclic) bond motifs is 1. The number of carbonyl (C=O) groups excluding carboxylic acids is 1. The summed E-state index contributed by atoms with van der Waals surface area (Å²) in [6, 6.07) is 24.9. The number of halogens is 1. The Kier molecular flexibility index (Phi) is 6.64. The van der Waals surface area contributed by atoms with Gasteiger partial charge in [0.2, 0.25) is 0 Å². The summed E-state index contributed by atoms with van der Waals surface area (Å²) in [7, 11) is 0. The molecule has 0 aliphatic rings. The molecule has 166 valence electrons. The minimum absolute atomic E-state index is 0.196. The van der Waals surface area contributed by atoms with Gasteiger partial charge in [-0.25, -0.2) is 9.18 Å². The van der Waals surface area contributed by atoms with Crippen LogP contribution in [0.4, 0.5) is 4.39 Å². The number of carboxylic acid groups (broad SMARTS) is 1. The van der Waals surface area contributed by atoms with Crippen molar-refractivity contribution in [1.29, 1.82) is 0 Å². The Labute approximate surface area is 190 Å². The van der Waals surface area contributed by atoms with E-state index in [2.05, 4.69) is 5.32 Å². The van der Waals surface area contributed by atoms with E-state index in [9.17, 15) is 19.1 Å². The van der Waals surface area contributed by atoms with E-state index in [1.807, 2.05) is 42.5 Å². The quantitative estimate of drug-likeness (QED) is 0.403. The zero-order chi connectivity index (χ0) is 23.2. The summed E-state index contributed by atoms with van der Waals surface area (Å²) in [6.07, 6.45) is 0.196. The number of carbonyl (C=O) groups is 2. The van der Waals surface area contributed by atoms with Crippen LogP contribution in [0.1, 0.15) is 21.5 Å². The van der Waals surface area contributed by atoms with Crippen molar-refractivity contribution in [1.82, 2.24) is 5.32 Å². The third-order valence-electron chi connectivity index (χ3n) is 5.25. The number of hydrogen-bond donors (Lipinski definition) is 2. The van der Waals surface area contributed by atoms with Crippen molar-refractivity contribution in [2.45, 2.75) is 19.1 Å². The fourth-order valence-electron chi connectivity index (χ4n) is 3.54. The highest BCUT2D eigenvalue weighted by Crippen LogP contribution is 2.23. The molecule has 6 heteroatoms. The monoisotopic (exact) mass is 443 g/mol. The summed E-state index contributed by atoms with van der Waals surface area (Å²) < 4.78 is 19.1. The smallest absolute Gasteiger partial charge is 0.326 e. The second kappa shape index (κ2) is 9.96. The molecule has 0 bridgehead atoms. The lowest BCUT2D eigenvalue weighted by Crippen LogP contribution is -2.42. The molecule has 5 nitrogen and oxygen atoms in total. The summed E-state index contributed by atoms with van der Waals surface area (Å²) in [5.41, 5.74) is 1.93. The van der Waals surface area contributed by atoms with Crippen molar-refractivity contribution in [3.8, 4) is 5.75 Å². The van der Waals surface area contributed by atoms with Crippen molar-refractivity contribution < 1.29 is 23.8 Å².